The van der Waals surface area contributed by atoms with Crippen molar-refractivity contribution in [3.63, 3.8) is 0 Å². The number of nitrogens with zero attached hydrogens (tertiary/aromatic N) is 4. The molecule has 0 radical (unpaired) electrons. The van der Waals surface area contributed by atoms with E-state index in [1.165, 1.54) is 0 Å². The molecular weight excluding hydrogens is 310 g/mol. The molecule has 0 atom stereocenters. The molecule has 3 aromatic rings. The Morgan fingerprint density at radius 1 is 1.17 bits per heavy atom. The number of anilines is 1. The van der Waals surface area contributed by atoms with Crippen LogP contribution in [0.5, 0.6) is 0 Å². The van der Waals surface area contributed by atoms with Gasteiger partial charge in [0.1, 0.15) is 12.1 Å². The van der Waals surface area contributed by atoms with Gasteiger partial charge >= 0.3 is 0 Å². The first-order chi connectivity index (χ1) is 11.3. The summed E-state index contributed by atoms with van der Waals surface area (Å²) in [4.78, 5) is 20.5. The maximum Gasteiger partial charge on any atom is 0.266 e. The van der Waals surface area contributed by atoms with Crippen LogP contribution in [-0.4, -0.2) is 25.8 Å². The van der Waals surface area contributed by atoms with Gasteiger partial charge < -0.3 is 5.32 Å². The van der Waals surface area contributed by atoms with E-state index in [0.717, 1.165) is 41.7 Å². The van der Waals surface area contributed by atoms with E-state index in [9.17, 15) is 4.79 Å². The van der Waals surface area contributed by atoms with Gasteiger partial charge in [0.2, 0.25) is 0 Å². The van der Waals surface area contributed by atoms with Crippen LogP contribution in [0.15, 0.2) is 40.9 Å². The minimum absolute atomic E-state index is 0.0139. The zero-order chi connectivity index (χ0) is 15.6. The zero-order valence-corrected chi connectivity index (χ0v) is 13.4. The summed E-state index contributed by atoms with van der Waals surface area (Å²) in [5.74, 6) is 0.920. The molecule has 1 N–H and O–H groups in total. The van der Waals surface area contributed by atoms with E-state index >= 15 is 0 Å². The van der Waals surface area contributed by atoms with Crippen molar-refractivity contribution in [2.75, 3.05) is 5.32 Å². The number of hydrogen-bond donors (Lipinski definition) is 1. The first-order valence-electron chi connectivity index (χ1n) is 7.80. The van der Waals surface area contributed by atoms with Gasteiger partial charge in [-0.3, -0.25) is 4.79 Å². The molecule has 118 valence electrons. The number of rotatable bonds is 3. The Hall–Kier alpha value is -2.28. The van der Waals surface area contributed by atoms with E-state index in [1.54, 1.807) is 40.7 Å². The van der Waals surface area contributed by atoms with Gasteiger partial charge in [-0.2, -0.15) is 5.10 Å². The molecule has 1 aliphatic carbocycles. The number of fused-ring (bicyclic) bond motifs is 1. The fourth-order valence-electron chi connectivity index (χ4n) is 3.19. The molecule has 23 heavy (non-hydrogen) atoms. The summed E-state index contributed by atoms with van der Waals surface area (Å²) in [5, 5.41) is 9.79. The molecule has 4 rings (SSSR count). The van der Waals surface area contributed by atoms with Crippen LogP contribution in [-0.2, 0) is 0 Å². The fourth-order valence-corrected chi connectivity index (χ4v) is 3.99. The van der Waals surface area contributed by atoms with Crippen molar-refractivity contribution >= 4 is 27.4 Å². The second kappa shape index (κ2) is 6.08. The Morgan fingerprint density at radius 3 is 2.87 bits per heavy atom. The lowest BCUT2D eigenvalue weighted by Crippen LogP contribution is -2.33. The maximum absolute atomic E-state index is 11.9. The summed E-state index contributed by atoms with van der Waals surface area (Å²) < 4.78 is 2.73. The molecule has 0 bridgehead atoms. The SMILES string of the molecule is O=c1cccnn1C1CCC(Nc2ncnc3ccsc23)CC1. The lowest BCUT2D eigenvalue weighted by molar-refractivity contribution is 0.303. The predicted molar refractivity (Wildman–Crippen MR) is 90.8 cm³/mol. The minimum atomic E-state index is -0.0139. The van der Waals surface area contributed by atoms with Gasteiger partial charge in [-0.1, -0.05) is 0 Å². The first kappa shape index (κ1) is 14.3. The molecule has 0 aromatic carbocycles. The Morgan fingerprint density at radius 2 is 2.04 bits per heavy atom. The highest BCUT2D eigenvalue weighted by Gasteiger charge is 2.24. The number of thiophene rings is 1. The van der Waals surface area contributed by atoms with Gasteiger partial charge in [-0.25, -0.2) is 14.6 Å². The van der Waals surface area contributed by atoms with Gasteiger partial charge in [-0.15, -0.1) is 11.3 Å². The maximum atomic E-state index is 11.9. The van der Waals surface area contributed by atoms with Crippen molar-refractivity contribution in [2.45, 2.75) is 37.8 Å². The standard InChI is InChI=1S/C16H17N5OS/c22-14-2-1-8-19-21(14)12-5-3-11(4-6-12)20-16-15-13(7-9-23-15)17-10-18-16/h1-2,7-12H,3-6H2,(H,17,18,20). The molecule has 6 nitrogen and oxygen atoms in total. The molecule has 1 saturated carbocycles. The second-order valence-electron chi connectivity index (χ2n) is 5.81. The largest absolute Gasteiger partial charge is 0.366 e. The summed E-state index contributed by atoms with van der Waals surface area (Å²) in [6, 6.07) is 5.86. The Bertz CT molecular complexity index is 866. The first-order valence-corrected chi connectivity index (χ1v) is 8.68. The van der Waals surface area contributed by atoms with Crippen LogP contribution in [0.1, 0.15) is 31.7 Å². The molecular formula is C16H17N5OS. The fraction of sp³-hybridized carbons (Fsp3) is 0.375. The number of aromatic nitrogens is 4. The van der Waals surface area contributed by atoms with Gasteiger partial charge in [0.25, 0.3) is 5.56 Å². The Balaban J connectivity index is 1.45. The van der Waals surface area contributed by atoms with Gasteiger partial charge in [0, 0.05) is 18.3 Å². The molecule has 3 heterocycles. The normalized spacial score (nSPS) is 21.4. The summed E-state index contributed by atoms with van der Waals surface area (Å²) in [6.45, 7) is 0. The van der Waals surface area contributed by atoms with E-state index in [1.807, 2.05) is 11.4 Å². The smallest absolute Gasteiger partial charge is 0.266 e. The van der Waals surface area contributed by atoms with Crippen molar-refractivity contribution in [3.8, 4) is 0 Å². The third kappa shape index (κ3) is 2.84. The van der Waals surface area contributed by atoms with Crippen LogP contribution in [0.2, 0.25) is 0 Å². The summed E-state index contributed by atoms with van der Waals surface area (Å²) >= 11 is 1.66. The molecule has 1 fully saturated rings. The van der Waals surface area contributed by atoms with Crippen LogP contribution in [0.4, 0.5) is 5.82 Å². The topological polar surface area (TPSA) is 72.7 Å². The lowest BCUT2D eigenvalue weighted by atomic mass is 9.91. The second-order valence-corrected chi connectivity index (χ2v) is 6.73. The Kier molecular flexibility index (Phi) is 3.78. The monoisotopic (exact) mass is 327 g/mol. The van der Waals surface area contributed by atoms with E-state index in [4.69, 9.17) is 0 Å². The van der Waals surface area contributed by atoms with Crippen molar-refractivity contribution in [1.82, 2.24) is 19.7 Å². The number of nitrogens with one attached hydrogen (secondary N) is 1. The zero-order valence-electron chi connectivity index (χ0n) is 12.6. The highest BCUT2D eigenvalue weighted by atomic mass is 32.1. The van der Waals surface area contributed by atoms with Crippen LogP contribution in [0.25, 0.3) is 10.2 Å². The lowest BCUT2D eigenvalue weighted by Gasteiger charge is -2.29. The highest BCUT2D eigenvalue weighted by molar-refractivity contribution is 7.17. The Labute approximate surface area is 137 Å². The van der Waals surface area contributed by atoms with Gasteiger partial charge in [-0.05, 0) is 43.2 Å². The van der Waals surface area contributed by atoms with Gasteiger partial charge in [0.15, 0.2) is 0 Å². The average molecular weight is 327 g/mol. The summed E-state index contributed by atoms with van der Waals surface area (Å²) in [6.07, 6.45) is 7.20. The average Bonchev–Trinajstić information content (AvgIpc) is 3.06. The molecule has 0 unspecified atom stereocenters. The van der Waals surface area contributed by atoms with Crippen LogP contribution < -0.4 is 10.9 Å². The van der Waals surface area contributed by atoms with Crippen molar-refractivity contribution < 1.29 is 0 Å². The summed E-state index contributed by atoms with van der Waals surface area (Å²) in [7, 11) is 0. The third-order valence-corrected chi connectivity index (χ3v) is 5.28. The molecule has 1 aliphatic rings. The molecule has 0 saturated heterocycles. The molecule has 0 spiro atoms. The van der Waals surface area contributed by atoms with Crippen LogP contribution >= 0.6 is 11.3 Å². The van der Waals surface area contributed by atoms with Crippen molar-refractivity contribution in [3.05, 3.63) is 46.5 Å². The molecule has 0 aliphatic heterocycles. The van der Waals surface area contributed by atoms with E-state index in [2.05, 4.69) is 20.4 Å². The van der Waals surface area contributed by atoms with Crippen LogP contribution in [0, 0.1) is 0 Å². The highest BCUT2D eigenvalue weighted by Crippen LogP contribution is 2.31. The molecule has 7 heteroatoms. The van der Waals surface area contributed by atoms with Gasteiger partial charge in [0.05, 0.1) is 16.3 Å². The molecule has 3 aromatic heterocycles. The van der Waals surface area contributed by atoms with Crippen molar-refractivity contribution in [1.29, 1.82) is 0 Å². The quantitative estimate of drug-likeness (QED) is 0.801. The molecule has 0 amide bonds. The van der Waals surface area contributed by atoms with E-state index in [-0.39, 0.29) is 11.6 Å². The third-order valence-electron chi connectivity index (χ3n) is 4.37. The number of hydrogen-bond acceptors (Lipinski definition) is 6. The predicted octanol–water partition coefficient (Wildman–Crippen LogP) is 2.84. The van der Waals surface area contributed by atoms with Crippen LogP contribution in [0.3, 0.4) is 0 Å². The van der Waals surface area contributed by atoms with Crippen molar-refractivity contribution in [2.24, 2.45) is 0 Å². The van der Waals surface area contributed by atoms with E-state index in [0.29, 0.717) is 6.04 Å². The summed E-state index contributed by atoms with van der Waals surface area (Å²) in [5.41, 5.74) is 0.973. The van der Waals surface area contributed by atoms with E-state index < -0.39 is 0 Å². The minimum Gasteiger partial charge on any atom is -0.366 e.